The summed E-state index contributed by atoms with van der Waals surface area (Å²) in [6.45, 7) is 16.1. The molecule has 0 aromatic heterocycles. The molecular weight excluding hydrogens is 284 g/mol. The van der Waals surface area contributed by atoms with Crippen LogP contribution in [0.1, 0.15) is 48.0 Å². The molecular formula is C16H34O4Si. The van der Waals surface area contributed by atoms with Crippen molar-refractivity contribution in [3.05, 3.63) is 0 Å². The molecule has 3 N–H and O–H groups in total. The van der Waals surface area contributed by atoms with Gasteiger partial charge < -0.3 is 19.7 Å². The Morgan fingerprint density at radius 2 is 1.71 bits per heavy atom. The van der Waals surface area contributed by atoms with Crippen LogP contribution in [0.3, 0.4) is 0 Å². The molecule has 21 heavy (non-hydrogen) atoms. The summed E-state index contributed by atoms with van der Waals surface area (Å²) in [6, 6.07) is 0. The van der Waals surface area contributed by atoms with E-state index in [9.17, 15) is 15.3 Å². The van der Waals surface area contributed by atoms with Crippen molar-refractivity contribution >= 4 is 8.32 Å². The average Bonchev–Trinajstić information content (AvgIpc) is 2.28. The summed E-state index contributed by atoms with van der Waals surface area (Å²) in [5, 5.41) is 30.2. The van der Waals surface area contributed by atoms with Crippen molar-refractivity contribution in [3.8, 4) is 0 Å². The molecule has 0 radical (unpaired) electrons. The Labute approximate surface area is 130 Å². The lowest BCUT2D eigenvalue weighted by Gasteiger charge is -2.61. The van der Waals surface area contributed by atoms with Crippen LogP contribution in [0.4, 0.5) is 0 Å². The van der Waals surface area contributed by atoms with Crippen LogP contribution in [0.5, 0.6) is 0 Å². The van der Waals surface area contributed by atoms with Crippen LogP contribution < -0.4 is 0 Å². The van der Waals surface area contributed by atoms with Gasteiger partial charge >= 0.3 is 0 Å². The lowest BCUT2D eigenvalue weighted by molar-refractivity contribution is -0.225. The molecule has 126 valence electrons. The molecule has 1 aliphatic rings. The molecule has 0 amide bonds. The summed E-state index contributed by atoms with van der Waals surface area (Å²) >= 11 is 0. The average molecular weight is 319 g/mol. The van der Waals surface area contributed by atoms with Gasteiger partial charge in [-0.3, -0.25) is 0 Å². The van der Waals surface area contributed by atoms with E-state index in [0.717, 1.165) is 6.42 Å². The number of aliphatic hydroxyl groups excluding tert-OH is 2. The molecule has 1 aliphatic carbocycles. The number of rotatable bonds is 5. The van der Waals surface area contributed by atoms with Crippen molar-refractivity contribution in [3.63, 3.8) is 0 Å². The first-order valence-electron chi connectivity index (χ1n) is 7.87. The van der Waals surface area contributed by atoms with Crippen molar-refractivity contribution in [1.29, 1.82) is 0 Å². The zero-order valence-electron chi connectivity index (χ0n) is 14.9. The van der Waals surface area contributed by atoms with Crippen LogP contribution in [0.2, 0.25) is 18.1 Å². The van der Waals surface area contributed by atoms with Gasteiger partial charge in [-0.2, -0.15) is 0 Å². The first-order chi connectivity index (χ1) is 9.18. The minimum atomic E-state index is -1.95. The van der Waals surface area contributed by atoms with Crippen molar-refractivity contribution in [1.82, 2.24) is 0 Å². The van der Waals surface area contributed by atoms with E-state index < -0.39 is 25.4 Å². The van der Waals surface area contributed by atoms with Gasteiger partial charge in [-0.05, 0) is 44.3 Å². The van der Waals surface area contributed by atoms with Gasteiger partial charge in [0.1, 0.15) is 0 Å². The molecule has 0 aromatic carbocycles. The van der Waals surface area contributed by atoms with Crippen LogP contribution in [0, 0.1) is 11.3 Å². The molecule has 0 saturated heterocycles. The maximum atomic E-state index is 10.4. The highest BCUT2D eigenvalue weighted by molar-refractivity contribution is 6.74. The highest BCUT2D eigenvalue weighted by Gasteiger charge is 2.62. The molecule has 4 nitrogen and oxygen atoms in total. The van der Waals surface area contributed by atoms with Gasteiger partial charge in [0, 0.05) is 5.41 Å². The van der Waals surface area contributed by atoms with Crippen molar-refractivity contribution in [2.24, 2.45) is 11.3 Å². The summed E-state index contributed by atoms with van der Waals surface area (Å²) in [5.74, 6) is -0.0816. The Kier molecular flexibility index (Phi) is 5.10. The molecule has 5 heteroatoms. The van der Waals surface area contributed by atoms with Gasteiger partial charge in [0.05, 0.1) is 24.4 Å². The zero-order chi connectivity index (χ0) is 16.9. The zero-order valence-corrected chi connectivity index (χ0v) is 15.9. The number of hydrogen-bond acceptors (Lipinski definition) is 4. The van der Waals surface area contributed by atoms with Gasteiger partial charge in [-0.15, -0.1) is 0 Å². The summed E-state index contributed by atoms with van der Waals surface area (Å²) in [4.78, 5) is 0. The van der Waals surface area contributed by atoms with Gasteiger partial charge in [-0.25, -0.2) is 0 Å². The summed E-state index contributed by atoms with van der Waals surface area (Å²) in [7, 11) is -1.95. The third-order valence-electron chi connectivity index (χ3n) is 5.88. The highest BCUT2D eigenvalue weighted by atomic mass is 28.4. The Balaban J connectivity index is 3.01. The second-order valence-electron chi connectivity index (χ2n) is 8.87. The van der Waals surface area contributed by atoms with Crippen LogP contribution in [0.25, 0.3) is 0 Å². The fourth-order valence-corrected chi connectivity index (χ4v) is 4.60. The van der Waals surface area contributed by atoms with Gasteiger partial charge in [0.25, 0.3) is 0 Å². The second kappa shape index (κ2) is 5.60. The molecule has 0 heterocycles. The minimum Gasteiger partial charge on any atom is -0.413 e. The lowest BCUT2D eigenvalue weighted by Crippen LogP contribution is -2.67. The predicted octanol–water partition coefficient (Wildman–Crippen LogP) is 2.53. The molecule has 1 saturated carbocycles. The molecule has 4 atom stereocenters. The highest BCUT2D eigenvalue weighted by Crippen LogP contribution is 2.57. The van der Waals surface area contributed by atoms with E-state index in [1.807, 2.05) is 6.92 Å². The van der Waals surface area contributed by atoms with Gasteiger partial charge in [-0.1, -0.05) is 27.7 Å². The van der Waals surface area contributed by atoms with Crippen LogP contribution >= 0.6 is 0 Å². The van der Waals surface area contributed by atoms with E-state index in [-0.39, 0.29) is 23.7 Å². The Morgan fingerprint density at radius 1 is 1.24 bits per heavy atom. The van der Waals surface area contributed by atoms with E-state index in [2.05, 4.69) is 33.9 Å². The van der Waals surface area contributed by atoms with E-state index in [1.54, 1.807) is 13.8 Å². The summed E-state index contributed by atoms with van der Waals surface area (Å²) in [5.41, 5.74) is -1.50. The molecule has 1 rings (SSSR count). The van der Waals surface area contributed by atoms with Crippen molar-refractivity contribution in [2.45, 2.75) is 83.9 Å². The maximum Gasteiger partial charge on any atom is 0.192 e. The Hall–Kier alpha value is 0.0569. The topological polar surface area (TPSA) is 69.9 Å². The Morgan fingerprint density at radius 3 is 2.05 bits per heavy atom. The van der Waals surface area contributed by atoms with Crippen molar-refractivity contribution < 1.29 is 19.7 Å². The first-order valence-corrected chi connectivity index (χ1v) is 10.8. The second-order valence-corrected chi connectivity index (χ2v) is 13.6. The fraction of sp³-hybridized carbons (Fsp3) is 1.00. The Bertz CT molecular complexity index is 369. The van der Waals surface area contributed by atoms with E-state index in [1.165, 1.54) is 0 Å². The molecule has 0 aliphatic heterocycles. The van der Waals surface area contributed by atoms with E-state index in [4.69, 9.17) is 4.43 Å². The SMILES string of the molecule is CC(C)(O)[C@@H]1C[C@H](O[Si](C)(C)C(C)(C)C)[C@]1(C)[C@H](O)CO. The summed E-state index contributed by atoms with van der Waals surface area (Å²) < 4.78 is 6.46. The first kappa shape index (κ1) is 19.1. The molecule has 0 unspecified atom stereocenters. The lowest BCUT2D eigenvalue weighted by atomic mass is 9.51. The standard InChI is InChI=1S/C16H34O4Si/c1-14(2,3)21(7,8)20-13-9-11(15(4,5)19)16(13,6)12(18)10-17/h11-13,17-19H,9-10H2,1-8H3/t11-,12+,13-,16-/m0/s1. The largest absolute Gasteiger partial charge is 0.413 e. The maximum absolute atomic E-state index is 10.4. The quantitative estimate of drug-likeness (QED) is 0.681. The monoisotopic (exact) mass is 318 g/mol. The normalized spacial score (nSPS) is 32.7. The van der Waals surface area contributed by atoms with Crippen LogP contribution in [0.15, 0.2) is 0 Å². The fourth-order valence-electron chi connectivity index (χ4n) is 3.19. The third kappa shape index (κ3) is 3.37. The molecule has 0 bridgehead atoms. The van der Waals surface area contributed by atoms with E-state index in [0.29, 0.717) is 0 Å². The number of hydrogen-bond donors (Lipinski definition) is 3. The van der Waals surface area contributed by atoms with Crippen LogP contribution in [-0.4, -0.2) is 48.1 Å². The number of aliphatic hydroxyl groups is 3. The summed E-state index contributed by atoms with van der Waals surface area (Å²) in [6.07, 6.45) is -0.266. The smallest absolute Gasteiger partial charge is 0.192 e. The van der Waals surface area contributed by atoms with E-state index >= 15 is 0 Å². The van der Waals surface area contributed by atoms with Crippen molar-refractivity contribution in [2.75, 3.05) is 6.61 Å². The third-order valence-corrected chi connectivity index (χ3v) is 10.4. The minimum absolute atomic E-state index is 0.0816. The predicted molar refractivity (Wildman–Crippen MR) is 87.7 cm³/mol. The van der Waals surface area contributed by atoms with Gasteiger partial charge in [0.2, 0.25) is 0 Å². The molecule has 0 aromatic rings. The molecule has 1 fully saturated rings. The van der Waals surface area contributed by atoms with Gasteiger partial charge in [0.15, 0.2) is 8.32 Å². The van der Waals surface area contributed by atoms with Crippen LogP contribution in [-0.2, 0) is 4.43 Å². The molecule has 0 spiro atoms.